The van der Waals surface area contributed by atoms with Gasteiger partial charge >= 0.3 is 13.2 Å². The van der Waals surface area contributed by atoms with Crippen LogP contribution in [0.1, 0.15) is 73.3 Å². The van der Waals surface area contributed by atoms with Crippen molar-refractivity contribution in [3.63, 3.8) is 0 Å². The molecular formula is C21H33BFNO4. The Hall–Kier alpha value is -1.60. The van der Waals surface area contributed by atoms with E-state index >= 15 is 0 Å². The summed E-state index contributed by atoms with van der Waals surface area (Å²) < 4.78 is 31.9. The highest BCUT2D eigenvalue weighted by molar-refractivity contribution is 6.62. The second-order valence-electron chi connectivity index (χ2n) is 9.57. The van der Waals surface area contributed by atoms with Gasteiger partial charge < -0.3 is 19.4 Å². The topological polar surface area (TPSA) is 56.8 Å². The lowest BCUT2D eigenvalue weighted by Crippen LogP contribution is -2.41. The van der Waals surface area contributed by atoms with E-state index in [1.807, 2.05) is 61.5 Å². The monoisotopic (exact) mass is 393 g/mol. The minimum Gasteiger partial charge on any atom is -0.450 e. The fourth-order valence-electron chi connectivity index (χ4n) is 2.89. The lowest BCUT2D eigenvalue weighted by molar-refractivity contribution is 0.00578. The first kappa shape index (κ1) is 22.7. The quantitative estimate of drug-likeness (QED) is 0.764. The summed E-state index contributed by atoms with van der Waals surface area (Å²) in [4.78, 5) is 11.7. The molecule has 1 N–H and O–H groups in total. The zero-order valence-electron chi connectivity index (χ0n) is 18.3. The SMILES string of the molecule is C[C@H](CCOC(=O)NC(C)(C)C)c1ccc(B2OC(C)(C)C(C)(C)O2)cc1F. The van der Waals surface area contributed by atoms with E-state index in [2.05, 4.69) is 5.32 Å². The molecule has 1 atom stereocenters. The molecule has 2 rings (SSSR count). The van der Waals surface area contributed by atoms with Crippen LogP contribution in [0.3, 0.4) is 0 Å². The summed E-state index contributed by atoms with van der Waals surface area (Å²) in [6, 6.07) is 5.07. The highest BCUT2D eigenvalue weighted by Gasteiger charge is 2.51. The van der Waals surface area contributed by atoms with Crippen LogP contribution in [-0.4, -0.2) is 36.6 Å². The van der Waals surface area contributed by atoms with Crippen molar-refractivity contribution in [2.45, 2.75) is 84.5 Å². The van der Waals surface area contributed by atoms with Gasteiger partial charge in [-0.05, 0) is 77.9 Å². The molecule has 156 valence electrons. The van der Waals surface area contributed by atoms with Gasteiger partial charge in [-0.2, -0.15) is 0 Å². The molecule has 1 fully saturated rings. The van der Waals surface area contributed by atoms with Crippen molar-refractivity contribution < 1.29 is 23.2 Å². The number of nitrogens with one attached hydrogen (secondary N) is 1. The minimum atomic E-state index is -0.590. The summed E-state index contributed by atoms with van der Waals surface area (Å²) in [5.74, 6) is -0.395. The Morgan fingerprint density at radius 1 is 1.21 bits per heavy atom. The number of alkyl carbamates (subject to hydrolysis) is 1. The summed E-state index contributed by atoms with van der Waals surface area (Å²) in [5, 5.41) is 2.73. The van der Waals surface area contributed by atoms with E-state index in [0.717, 1.165) is 0 Å². The molecule has 0 unspecified atom stereocenters. The second-order valence-corrected chi connectivity index (χ2v) is 9.57. The number of hydrogen-bond acceptors (Lipinski definition) is 4. The number of hydrogen-bond donors (Lipinski definition) is 1. The summed E-state index contributed by atoms with van der Waals surface area (Å²) in [5.41, 5.74) is -0.0399. The molecule has 1 heterocycles. The molecule has 0 radical (unpaired) electrons. The Bertz CT molecular complexity index is 699. The zero-order chi connectivity index (χ0) is 21.3. The first-order chi connectivity index (χ1) is 12.7. The molecule has 0 saturated carbocycles. The third kappa shape index (κ3) is 5.48. The molecule has 28 heavy (non-hydrogen) atoms. The van der Waals surface area contributed by atoms with Gasteiger partial charge in [-0.3, -0.25) is 0 Å². The van der Waals surface area contributed by atoms with Crippen LogP contribution in [0.2, 0.25) is 0 Å². The maximum atomic E-state index is 14.7. The first-order valence-corrected chi connectivity index (χ1v) is 9.82. The lowest BCUT2D eigenvalue weighted by atomic mass is 9.78. The van der Waals surface area contributed by atoms with Gasteiger partial charge in [0.25, 0.3) is 0 Å². The minimum absolute atomic E-state index is 0.0882. The van der Waals surface area contributed by atoms with Crippen molar-refractivity contribution in [1.29, 1.82) is 0 Å². The Labute approximate surface area is 168 Å². The van der Waals surface area contributed by atoms with Crippen molar-refractivity contribution in [2.24, 2.45) is 0 Å². The van der Waals surface area contributed by atoms with Gasteiger partial charge in [0.05, 0.1) is 17.8 Å². The summed E-state index contributed by atoms with van der Waals surface area (Å²) in [6.45, 7) is 15.7. The third-order valence-corrected chi connectivity index (χ3v) is 5.34. The molecule has 1 aromatic carbocycles. The molecule has 5 nitrogen and oxygen atoms in total. The van der Waals surface area contributed by atoms with Crippen molar-refractivity contribution in [1.82, 2.24) is 5.32 Å². The number of halogens is 1. The Kier molecular flexibility index (Phi) is 6.51. The lowest BCUT2D eigenvalue weighted by Gasteiger charge is -2.32. The van der Waals surface area contributed by atoms with Crippen LogP contribution in [-0.2, 0) is 14.0 Å². The molecule has 0 aliphatic carbocycles. The van der Waals surface area contributed by atoms with Crippen LogP contribution >= 0.6 is 0 Å². The van der Waals surface area contributed by atoms with E-state index in [4.69, 9.17) is 14.0 Å². The molecule has 1 aliphatic heterocycles. The van der Waals surface area contributed by atoms with Crippen LogP contribution in [0.5, 0.6) is 0 Å². The zero-order valence-corrected chi connectivity index (χ0v) is 18.3. The maximum Gasteiger partial charge on any atom is 0.494 e. The molecule has 1 aliphatic rings. The second kappa shape index (κ2) is 8.03. The van der Waals surface area contributed by atoms with E-state index in [0.29, 0.717) is 17.4 Å². The molecular weight excluding hydrogens is 360 g/mol. The standard InChI is InChI=1S/C21H33BFNO4/c1-14(11-12-26-18(25)24-19(2,3)4)16-10-9-15(13-17(16)23)22-27-20(5,6)21(7,8)28-22/h9-10,13-14H,11-12H2,1-8H3,(H,24,25)/t14-/m1/s1. The summed E-state index contributed by atoms with van der Waals surface area (Å²) in [7, 11) is -0.590. The van der Waals surface area contributed by atoms with E-state index in [1.54, 1.807) is 6.07 Å². The van der Waals surface area contributed by atoms with Gasteiger partial charge in [-0.1, -0.05) is 19.1 Å². The molecule has 1 saturated heterocycles. The largest absolute Gasteiger partial charge is 0.494 e. The third-order valence-electron chi connectivity index (χ3n) is 5.34. The molecule has 1 amide bonds. The van der Waals surface area contributed by atoms with Crippen LogP contribution < -0.4 is 10.8 Å². The highest BCUT2D eigenvalue weighted by atomic mass is 19.1. The smallest absolute Gasteiger partial charge is 0.450 e. The van der Waals surface area contributed by atoms with E-state index in [-0.39, 0.29) is 23.9 Å². The predicted octanol–water partition coefficient (Wildman–Crippen LogP) is 4.14. The average molecular weight is 393 g/mol. The van der Waals surface area contributed by atoms with Crippen LogP contribution in [0.15, 0.2) is 18.2 Å². The van der Waals surface area contributed by atoms with E-state index < -0.39 is 24.4 Å². The van der Waals surface area contributed by atoms with Gasteiger partial charge in [-0.25, -0.2) is 9.18 Å². The molecule has 0 aromatic heterocycles. The van der Waals surface area contributed by atoms with E-state index in [9.17, 15) is 9.18 Å². The van der Waals surface area contributed by atoms with Crippen molar-refractivity contribution >= 4 is 18.7 Å². The number of rotatable bonds is 5. The number of carbonyl (C=O) groups is 1. The Morgan fingerprint density at radius 3 is 2.29 bits per heavy atom. The van der Waals surface area contributed by atoms with E-state index in [1.165, 1.54) is 6.07 Å². The van der Waals surface area contributed by atoms with Gasteiger partial charge in [0.1, 0.15) is 5.82 Å². The Balaban J connectivity index is 1.96. The number of amides is 1. The average Bonchev–Trinajstić information content (AvgIpc) is 2.73. The van der Waals surface area contributed by atoms with Crippen molar-refractivity contribution in [3.8, 4) is 0 Å². The Morgan fingerprint density at radius 2 is 1.79 bits per heavy atom. The maximum absolute atomic E-state index is 14.7. The van der Waals surface area contributed by atoms with Gasteiger partial charge in [0.2, 0.25) is 0 Å². The molecule has 0 bridgehead atoms. The molecule has 7 heteroatoms. The van der Waals surface area contributed by atoms with Gasteiger partial charge in [-0.15, -0.1) is 0 Å². The van der Waals surface area contributed by atoms with Crippen molar-refractivity contribution in [2.75, 3.05) is 6.61 Å². The van der Waals surface area contributed by atoms with Gasteiger partial charge in [0.15, 0.2) is 0 Å². The predicted molar refractivity (Wildman–Crippen MR) is 109 cm³/mol. The number of benzene rings is 1. The van der Waals surface area contributed by atoms with Crippen LogP contribution in [0.4, 0.5) is 9.18 Å². The molecule has 0 spiro atoms. The number of ether oxygens (including phenoxy) is 1. The normalized spacial score (nSPS) is 19.4. The summed E-state index contributed by atoms with van der Waals surface area (Å²) in [6.07, 6.45) is 0.0703. The first-order valence-electron chi connectivity index (χ1n) is 9.82. The van der Waals surface area contributed by atoms with Crippen LogP contribution in [0.25, 0.3) is 0 Å². The van der Waals surface area contributed by atoms with Crippen LogP contribution in [0, 0.1) is 5.82 Å². The highest BCUT2D eigenvalue weighted by Crippen LogP contribution is 2.36. The molecule has 1 aromatic rings. The fraction of sp³-hybridized carbons (Fsp3) is 0.667. The summed E-state index contributed by atoms with van der Waals surface area (Å²) >= 11 is 0. The van der Waals surface area contributed by atoms with Crippen molar-refractivity contribution in [3.05, 3.63) is 29.6 Å². The fourth-order valence-corrected chi connectivity index (χ4v) is 2.89. The number of carbonyl (C=O) groups excluding carboxylic acids is 1. The van der Waals surface area contributed by atoms with Gasteiger partial charge in [0, 0.05) is 5.54 Å².